The zero-order valence-corrected chi connectivity index (χ0v) is 11.4. The lowest BCUT2D eigenvalue weighted by Gasteiger charge is -2.05. The van der Waals surface area contributed by atoms with Crippen LogP contribution in [0.25, 0.3) is 11.1 Å². The van der Waals surface area contributed by atoms with Crippen molar-refractivity contribution in [3.63, 3.8) is 0 Å². The number of halogens is 2. The molecule has 21 heavy (non-hydrogen) atoms. The van der Waals surface area contributed by atoms with Crippen LogP contribution in [0.15, 0.2) is 54.1 Å². The van der Waals surface area contributed by atoms with Crippen LogP contribution in [-0.4, -0.2) is 11.1 Å². The van der Waals surface area contributed by atoms with Crippen molar-refractivity contribution in [3.8, 4) is 11.1 Å². The highest BCUT2D eigenvalue weighted by atomic mass is 19.2. The summed E-state index contributed by atoms with van der Waals surface area (Å²) in [5, 5.41) is 8.66. The molecule has 4 heteroatoms. The predicted molar refractivity (Wildman–Crippen MR) is 76.9 cm³/mol. The van der Waals surface area contributed by atoms with Gasteiger partial charge >= 0.3 is 5.97 Å². The number of hydrogen-bond acceptors (Lipinski definition) is 1. The van der Waals surface area contributed by atoms with Gasteiger partial charge in [-0.25, -0.2) is 13.6 Å². The first-order valence-electron chi connectivity index (χ1n) is 6.40. The molecule has 2 aromatic carbocycles. The minimum atomic E-state index is -0.967. The second-order valence-electron chi connectivity index (χ2n) is 4.83. The molecule has 2 aromatic rings. The number of allylic oxidation sites excluding steroid dienone is 1. The van der Waals surface area contributed by atoms with Gasteiger partial charge in [-0.3, -0.25) is 0 Å². The number of hydrogen-bond donors (Lipinski definition) is 1. The zero-order valence-electron chi connectivity index (χ0n) is 11.4. The van der Waals surface area contributed by atoms with Gasteiger partial charge in [0.25, 0.3) is 0 Å². The van der Waals surface area contributed by atoms with Crippen molar-refractivity contribution < 1.29 is 18.7 Å². The highest BCUT2D eigenvalue weighted by Gasteiger charge is 2.05. The number of benzene rings is 2. The molecule has 0 aliphatic rings. The third-order valence-electron chi connectivity index (χ3n) is 3.06. The van der Waals surface area contributed by atoms with Crippen LogP contribution in [-0.2, 0) is 11.2 Å². The van der Waals surface area contributed by atoms with Crippen LogP contribution in [0.3, 0.4) is 0 Å². The molecule has 0 heterocycles. The monoisotopic (exact) mass is 288 g/mol. The molecule has 0 aliphatic carbocycles. The van der Waals surface area contributed by atoms with Gasteiger partial charge < -0.3 is 5.11 Å². The molecule has 2 nitrogen and oxygen atoms in total. The Labute approximate surface area is 121 Å². The summed E-state index contributed by atoms with van der Waals surface area (Å²) in [5.74, 6) is -2.72. The average Bonchev–Trinajstić information content (AvgIpc) is 2.42. The van der Waals surface area contributed by atoms with Crippen LogP contribution >= 0.6 is 0 Å². The molecule has 0 fully saturated rings. The van der Waals surface area contributed by atoms with Crippen LogP contribution in [0.2, 0.25) is 0 Å². The summed E-state index contributed by atoms with van der Waals surface area (Å²) in [7, 11) is 0. The van der Waals surface area contributed by atoms with E-state index >= 15 is 0 Å². The van der Waals surface area contributed by atoms with Gasteiger partial charge in [-0.1, -0.05) is 35.9 Å². The topological polar surface area (TPSA) is 37.3 Å². The molecule has 0 radical (unpaired) electrons. The van der Waals surface area contributed by atoms with Crippen LogP contribution in [0.1, 0.15) is 12.5 Å². The Kier molecular flexibility index (Phi) is 4.48. The van der Waals surface area contributed by atoms with E-state index in [9.17, 15) is 13.6 Å². The van der Waals surface area contributed by atoms with Crippen molar-refractivity contribution in [2.24, 2.45) is 0 Å². The highest BCUT2D eigenvalue weighted by Crippen LogP contribution is 2.22. The smallest absolute Gasteiger partial charge is 0.328 e. The van der Waals surface area contributed by atoms with E-state index in [-0.39, 0.29) is 0 Å². The summed E-state index contributed by atoms with van der Waals surface area (Å²) in [6.45, 7) is 1.75. The molecule has 0 bridgehead atoms. The minimum absolute atomic E-state index is 0.532. The summed E-state index contributed by atoms with van der Waals surface area (Å²) in [6, 6.07) is 11.1. The fraction of sp³-hybridized carbons (Fsp3) is 0.118. The second-order valence-corrected chi connectivity index (χ2v) is 4.83. The van der Waals surface area contributed by atoms with E-state index in [4.69, 9.17) is 5.11 Å². The third-order valence-corrected chi connectivity index (χ3v) is 3.06. The molecule has 0 aromatic heterocycles. The van der Waals surface area contributed by atoms with Crippen LogP contribution < -0.4 is 0 Å². The van der Waals surface area contributed by atoms with E-state index in [0.717, 1.165) is 28.8 Å². The van der Waals surface area contributed by atoms with Gasteiger partial charge in [-0.15, -0.1) is 0 Å². The molecule has 0 unspecified atom stereocenters. The molecule has 0 saturated carbocycles. The van der Waals surface area contributed by atoms with Crippen molar-refractivity contribution >= 4 is 5.97 Å². The Morgan fingerprint density at radius 2 is 1.67 bits per heavy atom. The SMILES string of the molecule is C/C(=C\C(=O)O)Cc1ccc(-c2ccc(F)c(F)c2)cc1. The van der Waals surface area contributed by atoms with E-state index in [1.807, 2.05) is 12.1 Å². The van der Waals surface area contributed by atoms with Gasteiger partial charge in [0.1, 0.15) is 0 Å². The summed E-state index contributed by atoms with van der Waals surface area (Å²) in [6.07, 6.45) is 1.70. The van der Waals surface area contributed by atoms with Gasteiger partial charge in [0.05, 0.1) is 0 Å². The Balaban J connectivity index is 2.19. The fourth-order valence-electron chi connectivity index (χ4n) is 2.07. The molecule has 0 atom stereocenters. The molecular formula is C17H14F2O2. The van der Waals surface area contributed by atoms with E-state index in [1.165, 1.54) is 12.1 Å². The summed E-state index contributed by atoms with van der Waals surface area (Å²) < 4.78 is 26.1. The first-order chi connectivity index (χ1) is 9.95. The fourth-order valence-corrected chi connectivity index (χ4v) is 2.07. The van der Waals surface area contributed by atoms with Crippen LogP contribution in [0.5, 0.6) is 0 Å². The third kappa shape index (κ3) is 3.99. The van der Waals surface area contributed by atoms with E-state index in [1.54, 1.807) is 19.1 Å². The lowest BCUT2D eigenvalue weighted by molar-refractivity contribution is -0.131. The minimum Gasteiger partial charge on any atom is -0.478 e. The van der Waals surface area contributed by atoms with Crippen molar-refractivity contribution in [1.29, 1.82) is 0 Å². The summed E-state index contributed by atoms with van der Waals surface area (Å²) >= 11 is 0. The lowest BCUT2D eigenvalue weighted by Crippen LogP contribution is -1.93. The Bertz CT molecular complexity index is 688. The first-order valence-corrected chi connectivity index (χ1v) is 6.40. The van der Waals surface area contributed by atoms with Crippen LogP contribution in [0.4, 0.5) is 8.78 Å². The van der Waals surface area contributed by atoms with Crippen molar-refractivity contribution in [2.45, 2.75) is 13.3 Å². The Hall–Kier alpha value is -2.49. The van der Waals surface area contributed by atoms with E-state index in [0.29, 0.717) is 12.0 Å². The Morgan fingerprint density at radius 1 is 1.05 bits per heavy atom. The molecule has 0 aliphatic heterocycles. The van der Waals surface area contributed by atoms with E-state index in [2.05, 4.69) is 0 Å². The largest absolute Gasteiger partial charge is 0.478 e. The number of rotatable bonds is 4. The molecule has 0 saturated heterocycles. The molecule has 108 valence electrons. The highest BCUT2D eigenvalue weighted by molar-refractivity contribution is 5.80. The maximum Gasteiger partial charge on any atom is 0.328 e. The first kappa shape index (κ1) is 14.9. The molecule has 2 rings (SSSR count). The number of carbonyl (C=O) groups is 1. The maximum absolute atomic E-state index is 13.2. The molecule has 1 N–H and O–H groups in total. The molecule has 0 spiro atoms. The summed E-state index contributed by atoms with van der Waals surface area (Å²) in [4.78, 5) is 10.6. The average molecular weight is 288 g/mol. The predicted octanol–water partition coefficient (Wildman–Crippen LogP) is 4.21. The zero-order chi connectivity index (χ0) is 15.4. The lowest BCUT2D eigenvalue weighted by atomic mass is 10.0. The normalized spacial score (nSPS) is 11.5. The van der Waals surface area contributed by atoms with Gasteiger partial charge in [0, 0.05) is 6.08 Å². The van der Waals surface area contributed by atoms with Crippen molar-refractivity contribution in [3.05, 3.63) is 71.3 Å². The molecular weight excluding hydrogens is 274 g/mol. The Morgan fingerprint density at radius 3 is 2.24 bits per heavy atom. The van der Waals surface area contributed by atoms with Gasteiger partial charge in [0.15, 0.2) is 11.6 Å². The van der Waals surface area contributed by atoms with Crippen LogP contribution in [0, 0.1) is 11.6 Å². The van der Waals surface area contributed by atoms with Gasteiger partial charge in [0.2, 0.25) is 0 Å². The number of carboxylic acids is 1. The second kappa shape index (κ2) is 6.31. The quantitative estimate of drug-likeness (QED) is 0.856. The number of aliphatic carboxylic acids is 1. The van der Waals surface area contributed by atoms with Gasteiger partial charge in [-0.05, 0) is 42.2 Å². The maximum atomic E-state index is 13.2. The number of carboxylic acid groups (broad SMARTS) is 1. The van der Waals surface area contributed by atoms with Crippen molar-refractivity contribution in [2.75, 3.05) is 0 Å². The van der Waals surface area contributed by atoms with Crippen molar-refractivity contribution in [1.82, 2.24) is 0 Å². The van der Waals surface area contributed by atoms with E-state index < -0.39 is 17.6 Å². The molecule has 0 amide bonds. The van der Waals surface area contributed by atoms with Gasteiger partial charge in [-0.2, -0.15) is 0 Å². The summed E-state index contributed by atoms with van der Waals surface area (Å²) in [5.41, 5.74) is 3.06. The standard InChI is InChI=1S/C17H14F2O2/c1-11(9-17(20)21)8-12-2-4-13(5-3-12)14-6-7-15(18)16(19)10-14/h2-7,9-10H,8H2,1H3,(H,20,21)/b11-9+.